The predicted octanol–water partition coefficient (Wildman–Crippen LogP) is 5.08. The van der Waals surface area contributed by atoms with Gasteiger partial charge in [-0.25, -0.2) is 0 Å². The van der Waals surface area contributed by atoms with E-state index >= 15 is 0 Å². The summed E-state index contributed by atoms with van der Waals surface area (Å²) in [5.41, 5.74) is 9.88. The van der Waals surface area contributed by atoms with E-state index in [0.29, 0.717) is 29.1 Å². The van der Waals surface area contributed by atoms with Crippen LogP contribution in [0.25, 0.3) is 11.0 Å². The summed E-state index contributed by atoms with van der Waals surface area (Å²) in [6.45, 7) is 2.02. The third kappa shape index (κ3) is 3.89. The number of ketones is 1. The van der Waals surface area contributed by atoms with E-state index in [2.05, 4.69) is 10.6 Å². The van der Waals surface area contributed by atoms with Crippen molar-refractivity contribution in [2.75, 3.05) is 16.4 Å². The van der Waals surface area contributed by atoms with Crippen molar-refractivity contribution in [1.82, 2.24) is 0 Å². The van der Waals surface area contributed by atoms with Gasteiger partial charge < -0.3 is 20.8 Å². The van der Waals surface area contributed by atoms with Crippen molar-refractivity contribution in [3.63, 3.8) is 0 Å². The summed E-state index contributed by atoms with van der Waals surface area (Å²) in [5.74, 6) is -0.173. The van der Waals surface area contributed by atoms with Crippen molar-refractivity contribution < 1.29 is 14.0 Å². The fourth-order valence-electron chi connectivity index (χ4n) is 3.32. The van der Waals surface area contributed by atoms with Crippen molar-refractivity contribution >= 4 is 39.7 Å². The highest BCUT2D eigenvalue weighted by molar-refractivity contribution is 6.06. The summed E-state index contributed by atoms with van der Waals surface area (Å²) < 4.78 is 5.76. The van der Waals surface area contributed by atoms with Gasteiger partial charge in [0.05, 0.1) is 11.4 Å². The minimum absolute atomic E-state index is 0.00115. The van der Waals surface area contributed by atoms with Crippen LogP contribution in [0.4, 0.5) is 17.1 Å². The standard InChI is InChI=1S/C24H21N3O3/c1-15(28)17-8-2-4-10-20(17)26-14-16-7-6-12-22-18(16)13-23(30-22)24(29)27-21-11-5-3-9-19(21)25/h2-13,26H,14,25H2,1H3,(H,27,29). The van der Waals surface area contributed by atoms with Gasteiger partial charge in [-0.05, 0) is 48.9 Å². The second-order valence-electron chi connectivity index (χ2n) is 6.94. The number of nitrogen functional groups attached to an aromatic ring is 1. The topological polar surface area (TPSA) is 97.4 Å². The van der Waals surface area contributed by atoms with Gasteiger partial charge in [-0.2, -0.15) is 0 Å². The third-order valence-electron chi connectivity index (χ3n) is 4.86. The number of nitrogens with one attached hydrogen (secondary N) is 2. The molecule has 0 fully saturated rings. The zero-order valence-corrected chi connectivity index (χ0v) is 16.4. The lowest BCUT2D eigenvalue weighted by molar-refractivity contribution is 0.0995. The average Bonchev–Trinajstić information content (AvgIpc) is 3.19. The summed E-state index contributed by atoms with van der Waals surface area (Å²) in [5, 5.41) is 6.91. The molecule has 0 saturated heterocycles. The highest BCUT2D eigenvalue weighted by Crippen LogP contribution is 2.26. The van der Waals surface area contributed by atoms with Crippen molar-refractivity contribution in [3.05, 3.63) is 89.7 Å². The summed E-state index contributed by atoms with van der Waals surface area (Å²) in [6.07, 6.45) is 0. The Labute approximate surface area is 173 Å². The van der Waals surface area contributed by atoms with Gasteiger partial charge in [0, 0.05) is 23.2 Å². The van der Waals surface area contributed by atoms with Gasteiger partial charge in [0.2, 0.25) is 0 Å². The van der Waals surface area contributed by atoms with E-state index in [4.69, 9.17) is 10.2 Å². The minimum Gasteiger partial charge on any atom is -0.451 e. The Morgan fingerprint density at radius 2 is 1.67 bits per heavy atom. The molecule has 0 aliphatic carbocycles. The maximum absolute atomic E-state index is 12.6. The van der Waals surface area contributed by atoms with Crippen LogP contribution in [0, 0.1) is 0 Å². The summed E-state index contributed by atoms with van der Waals surface area (Å²) in [7, 11) is 0. The summed E-state index contributed by atoms with van der Waals surface area (Å²) in [4.78, 5) is 24.5. The Hall–Kier alpha value is -4.06. The van der Waals surface area contributed by atoms with E-state index in [1.807, 2.05) is 36.4 Å². The van der Waals surface area contributed by atoms with Crippen molar-refractivity contribution in [1.29, 1.82) is 0 Å². The number of hydrogen-bond acceptors (Lipinski definition) is 5. The number of carbonyl (C=O) groups is 2. The van der Waals surface area contributed by atoms with Crippen LogP contribution in [0.1, 0.15) is 33.4 Å². The number of nitrogens with two attached hydrogens (primary N) is 1. The number of anilines is 3. The first-order valence-corrected chi connectivity index (χ1v) is 9.54. The number of carbonyl (C=O) groups excluding carboxylic acids is 2. The van der Waals surface area contributed by atoms with Gasteiger partial charge in [-0.15, -0.1) is 0 Å². The van der Waals surface area contributed by atoms with Crippen LogP contribution in [-0.2, 0) is 6.54 Å². The molecule has 1 amide bonds. The molecule has 1 heterocycles. The van der Waals surface area contributed by atoms with Gasteiger partial charge in [0.1, 0.15) is 5.58 Å². The summed E-state index contributed by atoms with van der Waals surface area (Å²) >= 11 is 0. The number of fused-ring (bicyclic) bond motifs is 1. The smallest absolute Gasteiger partial charge is 0.291 e. The van der Waals surface area contributed by atoms with Gasteiger partial charge in [-0.1, -0.05) is 36.4 Å². The molecule has 1 aromatic heterocycles. The van der Waals surface area contributed by atoms with Crippen LogP contribution in [0.3, 0.4) is 0 Å². The summed E-state index contributed by atoms with van der Waals surface area (Å²) in [6, 6.07) is 21.8. The maximum atomic E-state index is 12.6. The molecule has 0 radical (unpaired) electrons. The normalized spacial score (nSPS) is 10.7. The first-order valence-electron chi connectivity index (χ1n) is 9.54. The Balaban J connectivity index is 1.58. The number of benzene rings is 3. The molecule has 150 valence electrons. The Kier molecular flexibility index (Phi) is 5.22. The number of Topliss-reactive ketones (excluding diaryl/α,β-unsaturated/α-hetero) is 1. The molecule has 4 rings (SSSR count). The molecule has 6 heteroatoms. The number of para-hydroxylation sites is 3. The van der Waals surface area contributed by atoms with Crippen LogP contribution >= 0.6 is 0 Å². The van der Waals surface area contributed by atoms with E-state index in [-0.39, 0.29) is 17.5 Å². The molecule has 0 bridgehead atoms. The lowest BCUT2D eigenvalue weighted by atomic mass is 10.1. The van der Waals surface area contributed by atoms with Gasteiger partial charge in [0.15, 0.2) is 11.5 Å². The van der Waals surface area contributed by atoms with E-state index in [0.717, 1.165) is 16.6 Å². The Morgan fingerprint density at radius 3 is 2.43 bits per heavy atom. The number of furan rings is 1. The number of hydrogen-bond donors (Lipinski definition) is 3. The van der Waals surface area contributed by atoms with Gasteiger partial charge in [0.25, 0.3) is 5.91 Å². The second kappa shape index (κ2) is 8.13. The van der Waals surface area contributed by atoms with E-state index in [9.17, 15) is 9.59 Å². The zero-order valence-electron chi connectivity index (χ0n) is 16.4. The predicted molar refractivity (Wildman–Crippen MR) is 119 cm³/mol. The van der Waals surface area contributed by atoms with Gasteiger partial charge >= 0.3 is 0 Å². The lowest BCUT2D eigenvalue weighted by Gasteiger charge is -2.10. The van der Waals surface area contributed by atoms with Crippen molar-refractivity contribution in [2.24, 2.45) is 0 Å². The average molecular weight is 399 g/mol. The molecule has 0 aliphatic rings. The van der Waals surface area contributed by atoms with Crippen molar-refractivity contribution in [2.45, 2.75) is 13.5 Å². The van der Waals surface area contributed by atoms with Crippen molar-refractivity contribution in [3.8, 4) is 0 Å². The molecule has 0 aliphatic heterocycles. The lowest BCUT2D eigenvalue weighted by Crippen LogP contribution is -2.12. The minimum atomic E-state index is -0.370. The second-order valence-corrected chi connectivity index (χ2v) is 6.94. The molecule has 3 aromatic carbocycles. The molecule has 6 nitrogen and oxygen atoms in total. The largest absolute Gasteiger partial charge is 0.451 e. The molecular formula is C24H21N3O3. The molecule has 0 saturated carbocycles. The van der Waals surface area contributed by atoms with Crippen LogP contribution < -0.4 is 16.4 Å². The fourth-order valence-corrected chi connectivity index (χ4v) is 3.32. The molecule has 4 aromatic rings. The van der Waals surface area contributed by atoms with Crippen LogP contribution in [0.15, 0.2) is 77.2 Å². The van der Waals surface area contributed by atoms with Crippen LogP contribution in [0.2, 0.25) is 0 Å². The first kappa shape index (κ1) is 19.3. The van der Waals surface area contributed by atoms with E-state index in [1.54, 1.807) is 43.3 Å². The van der Waals surface area contributed by atoms with E-state index < -0.39 is 0 Å². The quantitative estimate of drug-likeness (QED) is 0.310. The SMILES string of the molecule is CC(=O)c1ccccc1NCc1cccc2oc(C(=O)Nc3ccccc3N)cc12. The van der Waals surface area contributed by atoms with E-state index in [1.165, 1.54) is 0 Å². The molecule has 0 atom stereocenters. The monoisotopic (exact) mass is 399 g/mol. The highest BCUT2D eigenvalue weighted by atomic mass is 16.3. The maximum Gasteiger partial charge on any atom is 0.291 e. The number of amides is 1. The fraction of sp³-hybridized carbons (Fsp3) is 0.0833. The molecule has 4 N–H and O–H groups in total. The zero-order chi connectivity index (χ0) is 21.1. The van der Waals surface area contributed by atoms with Gasteiger partial charge in [-0.3, -0.25) is 9.59 Å². The first-order chi connectivity index (χ1) is 14.5. The van der Waals surface area contributed by atoms with Crippen LogP contribution in [-0.4, -0.2) is 11.7 Å². The molecule has 30 heavy (non-hydrogen) atoms. The molecule has 0 unspecified atom stereocenters. The third-order valence-corrected chi connectivity index (χ3v) is 4.86. The molecular weight excluding hydrogens is 378 g/mol. The Bertz CT molecular complexity index is 1240. The number of rotatable bonds is 6. The highest BCUT2D eigenvalue weighted by Gasteiger charge is 2.15. The molecule has 0 spiro atoms. The Morgan fingerprint density at radius 1 is 0.933 bits per heavy atom. The van der Waals surface area contributed by atoms with Crippen LogP contribution in [0.5, 0.6) is 0 Å².